The van der Waals surface area contributed by atoms with Crippen molar-refractivity contribution in [3.8, 4) is 0 Å². The van der Waals surface area contributed by atoms with E-state index in [4.69, 9.17) is 0 Å². The van der Waals surface area contributed by atoms with Gasteiger partial charge in [0.15, 0.2) is 5.65 Å². The molecule has 134 valence electrons. The van der Waals surface area contributed by atoms with Crippen LogP contribution < -0.4 is 5.56 Å². The molecule has 0 spiro atoms. The minimum absolute atomic E-state index is 0.210. The third-order valence-corrected chi connectivity index (χ3v) is 5.46. The molecule has 0 unspecified atom stereocenters. The van der Waals surface area contributed by atoms with Crippen molar-refractivity contribution in [1.82, 2.24) is 19.7 Å². The minimum atomic E-state index is -2.64. The molecule has 7 nitrogen and oxygen atoms in total. The summed E-state index contributed by atoms with van der Waals surface area (Å²) in [5.74, 6) is -4.07. The van der Waals surface area contributed by atoms with Gasteiger partial charge in [0.2, 0.25) is 5.92 Å². The van der Waals surface area contributed by atoms with E-state index in [-0.39, 0.29) is 43.2 Å². The minimum Gasteiger partial charge on any atom is -0.481 e. The van der Waals surface area contributed by atoms with E-state index in [2.05, 4.69) is 15.1 Å². The zero-order valence-corrected chi connectivity index (χ0v) is 13.4. The highest BCUT2D eigenvalue weighted by Crippen LogP contribution is 2.42. The second-order valence-corrected chi connectivity index (χ2v) is 6.99. The lowest BCUT2D eigenvalue weighted by atomic mass is 9.73. The molecule has 2 aliphatic rings. The molecule has 0 radical (unpaired) electrons. The van der Waals surface area contributed by atoms with Gasteiger partial charge in [-0.25, -0.2) is 18.4 Å². The third kappa shape index (κ3) is 2.71. The maximum atomic E-state index is 13.4. The molecule has 0 saturated heterocycles. The Labute approximate surface area is 141 Å². The SMILES string of the molecule is O=C(O)[C@H]1CC[C@@H]1c1nc2c(cnn2C2CCC(F)(F)CC2)c(=O)[nH]1. The molecule has 0 amide bonds. The highest BCUT2D eigenvalue weighted by Gasteiger charge is 2.40. The molecule has 2 atom stereocenters. The first-order valence-corrected chi connectivity index (χ1v) is 8.44. The normalized spacial score (nSPS) is 26.5. The summed E-state index contributed by atoms with van der Waals surface area (Å²) in [6.45, 7) is 0. The number of nitrogens with zero attached hydrogens (tertiary/aromatic N) is 3. The number of hydrogen-bond acceptors (Lipinski definition) is 4. The summed E-state index contributed by atoms with van der Waals surface area (Å²) in [6, 6.07) is -0.226. The molecule has 0 aliphatic heterocycles. The number of nitrogens with one attached hydrogen (secondary N) is 1. The first-order chi connectivity index (χ1) is 11.9. The smallest absolute Gasteiger partial charge is 0.307 e. The molecular formula is C16H18F2N4O3. The average molecular weight is 352 g/mol. The van der Waals surface area contributed by atoms with E-state index in [1.807, 2.05) is 0 Å². The van der Waals surface area contributed by atoms with Crippen LogP contribution in [0.25, 0.3) is 11.0 Å². The molecule has 0 aromatic carbocycles. The van der Waals surface area contributed by atoms with Crippen LogP contribution in [0.4, 0.5) is 8.78 Å². The quantitative estimate of drug-likeness (QED) is 0.884. The summed E-state index contributed by atoms with van der Waals surface area (Å²) in [4.78, 5) is 30.7. The highest BCUT2D eigenvalue weighted by molar-refractivity contribution is 5.74. The van der Waals surface area contributed by atoms with Crippen LogP contribution in [0.3, 0.4) is 0 Å². The average Bonchev–Trinajstić information content (AvgIpc) is 2.90. The summed E-state index contributed by atoms with van der Waals surface area (Å²) >= 11 is 0. The number of aliphatic carboxylic acids is 1. The lowest BCUT2D eigenvalue weighted by Gasteiger charge is -2.32. The molecule has 2 N–H and O–H groups in total. The van der Waals surface area contributed by atoms with E-state index in [0.29, 0.717) is 29.7 Å². The van der Waals surface area contributed by atoms with E-state index in [9.17, 15) is 23.5 Å². The Morgan fingerprint density at radius 3 is 2.60 bits per heavy atom. The Hall–Kier alpha value is -2.32. The maximum absolute atomic E-state index is 13.4. The van der Waals surface area contributed by atoms with Crippen molar-refractivity contribution in [2.75, 3.05) is 0 Å². The van der Waals surface area contributed by atoms with Crippen molar-refractivity contribution < 1.29 is 18.7 Å². The van der Waals surface area contributed by atoms with Crippen molar-refractivity contribution in [3.05, 3.63) is 22.4 Å². The van der Waals surface area contributed by atoms with Crippen LogP contribution in [0.1, 0.15) is 56.3 Å². The highest BCUT2D eigenvalue weighted by atomic mass is 19.3. The molecule has 25 heavy (non-hydrogen) atoms. The van der Waals surface area contributed by atoms with Crippen LogP contribution >= 0.6 is 0 Å². The van der Waals surface area contributed by atoms with E-state index in [1.54, 1.807) is 4.68 Å². The van der Waals surface area contributed by atoms with Crippen LogP contribution in [0.2, 0.25) is 0 Å². The van der Waals surface area contributed by atoms with E-state index in [0.717, 1.165) is 0 Å². The standard InChI is InChI=1S/C16H18F2N4O3/c17-16(18)5-3-8(4-6-16)22-13-11(7-19-22)14(23)21-12(20-13)9-1-2-10(9)15(24)25/h7-10H,1-6H2,(H,24,25)(H,20,21,23)/t9-,10-/m0/s1. The number of aromatic amines is 1. The molecule has 2 aromatic heterocycles. The number of fused-ring (bicyclic) bond motifs is 1. The predicted molar refractivity (Wildman–Crippen MR) is 83.7 cm³/mol. The number of alkyl halides is 2. The van der Waals surface area contributed by atoms with Gasteiger partial charge in [0.1, 0.15) is 11.2 Å². The second kappa shape index (κ2) is 5.60. The van der Waals surface area contributed by atoms with Gasteiger partial charge in [0.25, 0.3) is 5.56 Å². The number of halogens is 2. The molecule has 2 saturated carbocycles. The molecule has 4 rings (SSSR count). The van der Waals surface area contributed by atoms with Crippen LogP contribution in [-0.4, -0.2) is 36.7 Å². The molecule has 2 heterocycles. The van der Waals surface area contributed by atoms with E-state index in [1.165, 1.54) is 6.20 Å². The third-order valence-electron chi connectivity index (χ3n) is 5.46. The van der Waals surface area contributed by atoms with Gasteiger partial charge in [0.05, 0.1) is 18.2 Å². The van der Waals surface area contributed by atoms with Gasteiger partial charge >= 0.3 is 5.97 Å². The summed E-state index contributed by atoms with van der Waals surface area (Å²) in [5.41, 5.74) is -0.0200. The van der Waals surface area contributed by atoms with Gasteiger partial charge in [-0.05, 0) is 25.7 Å². The zero-order chi connectivity index (χ0) is 17.8. The van der Waals surface area contributed by atoms with Crippen molar-refractivity contribution in [1.29, 1.82) is 0 Å². The van der Waals surface area contributed by atoms with Crippen LogP contribution in [0.5, 0.6) is 0 Å². The van der Waals surface area contributed by atoms with Gasteiger partial charge in [-0.2, -0.15) is 5.10 Å². The predicted octanol–water partition coefficient (Wildman–Crippen LogP) is 2.45. The fraction of sp³-hybridized carbons (Fsp3) is 0.625. The summed E-state index contributed by atoms with van der Waals surface area (Å²) in [5, 5.41) is 13.7. The van der Waals surface area contributed by atoms with Crippen LogP contribution in [0.15, 0.2) is 11.0 Å². The fourth-order valence-corrected chi connectivity index (χ4v) is 3.79. The molecule has 9 heteroatoms. The van der Waals surface area contributed by atoms with Crippen molar-refractivity contribution in [2.24, 2.45) is 5.92 Å². The molecule has 2 aromatic rings. The monoisotopic (exact) mass is 352 g/mol. The van der Waals surface area contributed by atoms with Gasteiger partial charge in [-0.15, -0.1) is 0 Å². The van der Waals surface area contributed by atoms with Gasteiger partial charge < -0.3 is 10.1 Å². The van der Waals surface area contributed by atoms with Crippen molar-refractivity contribution in [3.63, 3.8) is 0 Å². The lowest BCUT2D eigenvalue weighted by molar-refractivity contribution is -0.145. The molecular weight excluding hydrogens is 334 g/mol. The van der Waals surface area contributed by atoms with Crippen LogP contribution in [-0.2, 0) is 4.79 Å². The van der Waals surface area contributed by atoms with E-state index >= 15 is 0 Å². The number of carbonyl (C=O) groups is 1. The Balaban J connectivity index is 1.70. The Morgan fingerprint density at radius 2 is 2.00 bits per heavy atom. The zero-order valence-electron chi connectivity index (χ0n) is 13.4. The summed E-state index contributed by atoms with van der Waals surface area (Å²) in [7, 11) is 0. The number of carboxylic acid groups (broad SMARTS) is 1. The van der Waals surface area contributed by atoms with Crippen molar-refractivity contribution in [2.45, 2.75) is 56.4 Å². The number of H-pyrrole nitrogens is 1. The summed E-state index contributed by atoms with van der Waals surface area (Å²) in [6.07, 6.45) is 2.72. The molecule has 2 aliphatic carbocycles. The Bertz CT molecular complexity index is 881. The van der Waals surface area contributed by atoms with Crippen molar-refractivity contribution >= 4 is 17.0 Å². The molecule has 2 fully saturated rings. The fourth-order valence-electron chi connectivity index (χ4n) is 3.79. The Morgan fingerprint density at radius 1 is 1.28 bits per heavy atom. The van der Waals surface area contributed by atoms with Gasteiger partial charge in [-0.3, -0.25) is 9.59 Å². The van der Waals surface area contributed by atoms with E-state index < -0.39 is 17.8 Å². The van der Waals surface area contributed by atoms with Gasteiger partial charge in [-0.1, -0.05) is 0 Å². The number of hydrogen-bond donors (Lipinski definition) is 2. The lowest BCUT2D eigenvalue weighted by Crippen LogP contribution is -2.33. The van der Waals surface area contributed by atoms with Crippen LogP contribution in [0, 0.1) is 5.92 Å². The van der Waals surface area contributed by atoms with Gasteiger partial charge in [0, 0.05) is 18.8 Å². The number of carboxylic acids is 1. The molecule has 0 bridgehead atoms. The first kappa shape index (κ1) is 16.2. The first-order valence-electron chi connectivity index (χ1n) is 8.44. The number of rotatable bonds is 3. The number of aromatic nitrogens is 4. The topological polar surface area (TPSA) is 101 Å². The summed E-state index contributed by atoms with van der Waals surface area (Å²) < 4.78 is 28.3. The maximum Gasteiger partial charge on any atom is 0.307 e. The second-order valence-electron chi connectivity index (χ2n) is 6.99. The Kier molecular flexibility index (Phi) is 3.62. The largest absolute Gasteiger partial charge is 0.481 e.